The minimum Gasteiger partial charge on any atom is -0.398 e. The van der Waals surface area contributed by atoms with Crippen LogP contribution in [0.2, 0.25) is 0 Å². The number of hydrogen-bond acceptors (Lipinski definition) is 3. The molecule has 3 N–H and O–H groups in total. The molecule has 1 aromatic carbocycles. The van der Waals surface area contributed by atoms with Gasteiger partial charge in [-0.2, -0.15) is 0 Å². The Morgan fingerprint density at radius 1 is 1.56 bits per heavy atom. The van der Waals surface area contributed by atoms with Crippen LogP contribution in [0.15, 0.2) is 18.2 Å². The number of rotatable bonds is 3. The van der Waals surface area contributed by atoms with Crippen LogP contribution >= 0.6 is 0 Å². The van der Waals surface area contributed by atoms with Crippen molar-refractivity contribution < 1.29 is 9.53 Å². The van der Waals surface area contributed by atoms with Gasteiger partial charge < -0.3 is 15.8 Å². The van der Waals surface area contributed by atoms with Crippen LogP contribution in [0.4, 0.5) is 5.69 Å². The molecule has 0 bridgehead atoms. The Balaban J connectivity index is 2.02. The third-order valence-corrected chi connectivity index (χ3v) is 3.33. The molecule has 1 aliphatic rings. The number of hydrogen-bond donors (Lipinski definition) is 2. The molecule has 1 amide bonds. The zero-order chi connectivity index (χ0) is 13.1. The largest absolute Gasteiger partial charge is 0.398 e. The number of aryl methyl sites for hydroxylation is 1. The van der Waals surface area contributed by atoms with Crippen LogP contribution in [0.1, 0.15) is 35.7 Å². The van der Waals surface area contributed by atoms with Gasteiger partial charge in [0.05, 0.1) is 17.7 Å². The van der Waals surface area contributed by atoms with Gasteiger partial charge in [-0.25, -0.2) is 0 Å². The second-order valence-corrected chi connectivity index (χ2v) is 4.90. The van der Waals surface area contributed by atoms with E-state index in [0.717, 1.165) is 25.0 Å². The molecular formula is C14H20N2O2. The lowest BCUT2D eigenvalue weighted by molar-refractivity contribution is 0.0713. The summed E-state index contributed by atoms with van der Waals surface area (Å²) < 4.78 is 5.55. The Hall–Kier alpha value is -1.55. The highest BCUT2D eigenvalue weighted by atomic mass is 16.5. The van der Waals surface area contributed by atoms with Gasteiger partial charge in [0.25, 0.3) is 5.91 Å². The SMILES string of the molecule is Cc1ccc(C(=O)NC(C)C2CCCO2)c(N)c1. The van der Waals surface area contributed by atoms with Crippen LogP contribution in [0.25, 0.3) is 0 Å². The predicted molar refractivity (Wildman–Crippen MR) is 71.5 cm³/mol. The fourth-order valence-electron chi connectivity index (χ4n) is 2.26. The first-order valence-electron chi connectivity index (χ1n) is 6.36. The normalized spacial score (nSPS) is 20.7. The number of carbonyl (C=O) groups excluding carboxylic acids is 1. The number of nitrogen functional groups attached to an aromatic ring is 1. The molecule has 0 saturated carbocycles. The zero-order valence-electron chi connectivity index (χ0n) is 10.9. The number of nitrogens with one attached hydrogen (secondary N) is 1. The molecule has 4 nitrogen and oxygen atoms in total. The van der Waals surface area contributed by atoms with Crippen molar-refractivity contribution in [1.29, 1.82) is 0 Å². The second-order valence-electron chi connectivity index (χ2n) is 4.90. The first-order chi connectivity index (χ1) is 8.58. The first kappa shape index (κ1) is 12.9. The van der Waals surface area contributed by atoms with Crippen molar-refractivity contribution in [3.8, 4) is 0 Å². The summed E-state index contributed by atoms with van der Waals surface area (Å²) in [5.41, 5.74) is 7.96. The monoisotopic (exact) mass is 248 g/mol. The van der Waals surface area contributed by atoms with E-state index in [0.29, 0.717) is 11.3 Å². The minimum absolute atomic E-state index is 0.0145. The summed E-state index contributed by atoms with van der Waals surface area (Å²) in [5.74, 6) is -0.129. The molecule has 1 saturated heterocycles. The number of anilines is 1. The lowest BCUT2D eigenvalue weighted by atomic mass is 10.1. The topological polar surface area (TPSA) is 64.3 Å². The van der Waals surface area contributed by atoms with E-state index >= 15 is 0 Å². The first-order valence-corrected chi connectivity index (χ1v) is 6.36. The Bertz CT molecular complexity index is 439. The van der Waals surface area contributed by atoms with Gasteiger partial charge in [-0.05, 0) is 44.4 Å². The molecular weight excluding hydrogens is 228 g/mol. The van der Waals surface area contributed by atoms with E-state index in [1.165, 1.54) is 0 Å². The maximum absolute atomic E-state index is 12.1. The number of amides is 1. The molecule has 1 aliphatic heterocycles. The molecule has 2 atom stereocenters. The van der Waals surface area contributed by atoms with E-state index in [1.54, 1.807) is 6.07 Å². The van der Waals surface area contributed by atoms with Crippen LogP contribution in [0.5, 0.6) is 0 Å². The van der Waals surface area contributed by atoms with E-state index in [2.05, 4.69) is 5.32 Å². The molecule has 0 aliphatic carbocycles. The van der Waals surface area contributed by atoms with Gasteiger partial charge in [0.15, 0.2) is 0 Å². The van der Waals surface area contributed by atoms with Crippen LogP contribution < -0.4 is 11.1 Å². The number of benzene rings is 1. The molecule has 0 radical (unpaired) electrons. The number of carbonyl (C=O) groups is 1. The van der Waals surface area contributed by atoms with E-state index in [1.807, 2.05) is 26.0 Å². The lowest BCUT2D eigenvalue weighted by Crippen LogP contribution is -2.41. The number of nitrogens with two attached hydrogens (primary N) is 1. The summed E-state index contributed by atoms with van der Waals surface area (Å²) in [4.78, 5) is 12.1. The third kappa shape index (κ3) is 2.82. The molecule has 1 fully saturated rings. The van der Waals surface area contributed by atoms with Gasteiger partial charge in [-0.1, -0.05) is 6.07 Å². The molecule has 98 valence electrons. The third-order valence-electron chi connectivity index (χ3n) is 3.33. The highest BCUT2D eigenvalue weighted by molar-refractivity contribution is 5.99. The van der Waals surface area contributed by atoms with E-state index < -0.39 is 0 Å². The molecule has 1 heterocycles. The van der Waals surface area contributed by atoms with Crippen molar-refractivity contribution in [2.24, 2.45) is 0 Å². The smallest absolute Gasteiger partial charge is 0.253 e. The Morgan fingerprint density at radius 2 is 2.33 bits per heavy atom. The molecule has 18 heavy (non-hydrogen) atoms. The van der Waals surface area contributed by atoms with Gasteiger partial charge in [0.2, 0.25) is 0 Å². The van der Waals surface area contributed by atoms with Crippen molar-refractivity contribution in [1.82, 2.24) is 5.32 Å². The predicted octanol–water partition coefficient (Wildman–Crippen LogP) is 1.87. The minimum atomic E-state index is -0.129. The summed E-state index contributed by atoms with van der Waals surface area (Å²) in [5, 5.41) is 2.95. The van der Waals surface area contributed by atoms with Crippen LogP contribution in [0.3, 0.4) is 0 Å². The zero-order valence-corrected chi connectivity index (χ0v) is 10.9. The van der Waals surface area contributed by atoms with Gasteiger partial charge in [0.1, 0.15) is 0 Å². The lowest BCUT2D eigenvalue weighted by Gasteiger charge is -2.20. The highest BCUT2D eigenvalue weighted by Crippen LogP contribution is 2.17. The molecule has 2 rings (SSSR count). The van der Waals surface area contributed by atoms with Crippen molar-refractivity contribution in [3.63, 3.8) is 0 Å². The van der Waals surface area contributed by atoms with Gasteiger partial charge >= 0.3 is 0 Å². The van der Waals surface area contributed by atoms with E-state index in [9.17, 15) is 4.79 Å². The average Bonchev–Trinajstić information content (AvgIpc) is 2.81. The van der Waals surface area contributed by atoms with E-state index in [-0.39, 0.29) is 18.1 Å². The Labute approximate surface area is 108 Å². The molecule has 2 unspecified atom stereocenters. The maximum Gasteiger partial charge on any atom is 0.253 e. The van der Waals surface area contributed by atoms with Crippen LogP contribution in [-0.2, 0) is 4.74 Å². The van der Waals surface area contributed by atoms with Crippen molar-refractivity contribution in [3.05, 3.63) is 29.3 Å². The van der Waals surface area contributed by atoms with Gasteiger partial charge in [0, 0.05) is 12.3 Å². The van der Waals surface area contributed by atoms with Crippen LogP contribution in [-0.4, -0.2) is 24.7 Å². The summed E-state index contributed by atoms with van der Waals surface area (Å²) in [6.07, 6.45) is 2.20. The summed E-state index contributed by atoms with van der Waals surface area (Å²) in [6.45, 7) is 4.71. The van der Waals surface area contributed by atoms with Crippen LogP contribution in [0, 0.1) is 6.92 Å². The summed E-state index contributed by atoms with van der Waals surface area (Å²) in [7, 11) is 0. The molecule has 4 heteroatoms. The Morgan fingerprint density at radius 3 is 2.94 bits per heavy atom. The molecule has 1 aromatic rings. The van der Waals surface area contributed by atoms with Crippen molar-refractivity contribution in [2.45, 2.75) is 38.8 Å². The fourth-order valence-corrected chi connectivity index (χ4v) is 2.26. The van der Waals surface area contributed by atoms with E-state index in [4.69, 9.17) is 10.5 Å². The second kappa shape index (κ2) is 5.40. The average molecular weight is 248 g/mol. The maximum atomic E-state index is 12.1. The van der Waals surface area contributed by atoms with Gasteiger partial charge in [-0.3, -0.25) is 4.79 Å². The quantitative estimate of drug-likeness (QED) is 0.803. The van der Waals surface area contributed by atoms with Gasteiger partial charge in [-0.15, -0.1) is 0 Å². The molecule has 0 aromatic heterocycles. The number of ether oxygens (including phenoxy) is 1. The highest BCUT2D eigenvalue weighted by Gasteiger charge is 2.24. The van der Waals surface area contributed by atoms with Crippen molar-refractivity contribution >= 4 is 11.6 Å². The fraction of sp³-hybridized carbons (Fsp3) is 0.500. The Kier molecular flexibility index (Phi) is 3.87. The summed E-state index contributed by atoms with van der Waals surface area (Å²) in [6, 6.07) is 5.48. The standard InChI is InChI=1S/C14H20N2O2/c1-9-5-6-11(12(15)8-9)14(17)16-10(2)13-4-3-7-18-13/h5-6,8,10,13H,3-4,7,15H2,1-2H3,(H,16,17). The van der Waals surface area contributed by atoms with Crippen molar-refractivity contribution in [2.75, 3.05) is 12.3 Å². The summed E-state index contributed by atoms with van der Waals surface area (Å²) >= 11 is 0. The molecule has 0 spiro atoms.